The van der Waals surface area contributed by atoms with Crippen LogP contribution in [0.3, 0.4) is 0 Å². The molecule has 0 unspecified atom stereocenters. The van der Waals surface area contributed by atoms with Crippen molar-refractivity contribution in [3.63, 3.8) is 0 Å². The van der Waals surface area contributed by atoms with Crippen LogP contribution in [0.2, 0.25) is 0 Å². The summed E-state index contributed by atoms with van der Waals surface area (Å²) in [5.74, 6) is 1.73. The first-order valence-corrected chi connectivity index (χ1v) is 9.51. The molecule has 124 valence electrons. The average molecular weight is 323 g/mol. The molecule has 1 fully saturated rings. The van der Waals surface area contributed by atoms with Crippen LogP contribution in [0.25, 0.3) is 0 Å². The van der Waals surface area contributed by atoms with Gasteiger partial charge in [0.2, 0.25) is 0 Å². The zero-order chi connectivity index (χ0) is 15.6. The summed E-state index contributed by atoms with van der Waals surface area (Å²) >= 11 is 1.72. The van der Waals surface area contributed by atoms with Crippen molar-refractivity contribution in [1.29, 1.82) is 0 Å². The molecule has 1 aliphatic carbocycles. The fraction of sp³-hybridized carbons (Fsp3) is 0.765. The third-order valence-corrected chi connectivity index (χ3v) is 5.17. The number of nitrogens with one attached hydrogen (secondary N) is 2. The van der Waals surface area contributed by atoms with Crippen molar-refractivity contribution >= 4 is 17.3 Å². The fourth-order valence-corrected chi connectivity index (χ4v) is 3.69. The molecule has 22 heavy (non-hydrogen) atoms. The number of rotatable bonds is 5. The van der Waals surface area contributed by atoms with Gasteiger partial charge in [0.05, 0.1) is 10.7 Å². The second-order valence-corrected chi connectivity index (χ2v) is 7.26. The van der Waals surface area contributed by atoms with Gasteiger partial charge >= 0.3 is 0 Å². The Kier molecular flexibility index (Phi) is 7.71. The molecule has 0 aromatic carbocycles. The van der Waals surface area contributed by atoms with E-state index in [2.05, 4.69) is 32.9 Å². The number of aromatic nitrogens is 1. The lowest BCUT2D eigenvalue weighted by atomic mass is 9.91. The lowest BCUT2D eigenvalue weighted by Gasteiger charge is -2.21. The van der Waals surface area contributed by atoms with E-state index in [0.717, 1.165) is 36.4 Å². The van der Waals surface area contributed by atoms with Crippen LogP contribution in [0.15, 0.2) is 10.4 Å². The van der Waals surface area contributed by atoms with E-state index in [1.54, 1.807) is 11.3 Å². The molecule has 5 heteroatoms. The zero-order valence-electron chi connectivity index (χ0n) is 14.0. The Morgan fingerprint density at radius 1 is 1.23 bits per heavy atom. The molecule has 1 saturated carbocycles. The molecule has 1 aliphatic rings. The molecule has 2 rings (SSSR count). The molecule has 0 radical (unpaired) electrons. The smallest absolute Gasteiger partial charge is 0.190 e. The number of aliphatic imine (C=N–C) groups is 1. The van der Waals surface area contributed by atoms with Gasteiger partial charge in [0, 0.05) is 31.9 Å². The standard InChI is InChI=1S/C17H30N4S/c1-14-21-16(13-22-14)10-11-19-17(18-2)20-12-15-8-6-4-3-5-7-9-15/h13,15H,3-12H2,1-2H3,(H2,18,19,20). The van der Waals surface area contributed by atoms with Crippen LogP contribution in [-0.4, -0.2) is 31.1 Å². The van der Waals surface area contributed by atoms with Gasteiger partial charge < -0.3 is 10.6 Å². The first-order valence-electron chi connectivity index (χ1n) is 8.63. The highest BCUT2D eigenvalue weighted by atomic mass is 32.1. The van der Waals surface area contributed by atoms with Crippen molar-refractivity contribution in [2.75, 3.05) is 20.1 Å². The van der Waals surface area contributed by atoms with Crippen LogP contribution in [0.5, 0.6) is 0 Å². The number of guanidine groups is 1. The van der Waals surface area contributed by atoms with Gasteiger partial charge in [-0.15, -0.1) is 11.3 Å². The minimum atomic E-state index is 0.806. The SMILES string of the molecule is CN=C(NCCc1csc(C)n1)NCC1CCCCCCC1. The van der Waals surface area contributed by atoms with Crippen molar-refractivity contribution in [2.24, 2.45) is 10.9 Å². The normalized spacial score (nSPS) is 17.8. The molecule has 0 aliphatic heterocycles. The predicted octanol–water partition coefficient (Wildman–Crippen LogP) is 3.52. The molecule has 1 aromatic heterocycles. The molecule has 1 heterocycles. The van der Waals surface area contributed by atoms with Crippen molar-refractivity contribution < 1.29 is 0 Å². The Hall–Kier alpha value is -1.10. The largest absolute Gasteiger partial charge is 0.356 e. The summed E-state index contributed by atoms with van der Waals surface area (Å²) in [6, 6.07) is 0. The zero-order valence-corrected chi connectivity index (χ0v) is 14.8. The van der Waals surface area contributed by atoms with E-state index in [-0.39, 0.29) is 0 Å². The Morgan fingerprint density at radius 2 is 1.95 bits per heavy atom. The van der Waals surface area contributed by atoms with Gasteiger partial charge in [-0.05, 0) is 25.7 Å². The maximum absolute atomic E-state index is 4.49. The second kappa shape index (κ2) is 9.82. The molecule has 0 bridgehead atoms. The molecular formula is C17H30N4S. The summed E-state index contributed by atoms with van der Waals surface area (Å²) in [5, 5.41) is 10.2. The van der Waals surface area contributed by atoms with Gasteiger partial charge in [-0.25, -0.2) is 4.98 Å². The van der Waals surface area contributed by atoms with E-state index in [4.69, 9.17) is 0 Å². The lowest BCUT2D eigenvalue weighted by Crippen LogP contribution is -2.40. The number of nitrogens with zero attached hydrogens (tertiary/aromatic N) is 2. The highest BCUT2D eigenvalue weighted by molar-refractivity contribution is 7.09. The third-order valence-electron chi connectivity index (χ3n) is 4.35. The van der Waals surface area contributed by atoms with Crippen LogP contribution in [0.4, 0.5) is 0 Å². The van der Waals surface area contributed by atoms with Crippen LogP contribution in [-0.2, 0) is 6.42 Å². The van der Waals surface area contributed by atoms with Gasteiger partial charge in [-0.2, -0.15) is 0 Å². The molecular weight excluding hydrogens is 292 g/mol. The monoisotopic (exact) mass is 322 g/mol. The third kappa shape index (κ3) is 6.34. The van der Waals surface area contributed by atoms with Gasteiger partial charge in [-0.3, -0.25) is 4.99 Å². The molecule has 4 nitrogen and oxygen atoms in total. The topological polar surface area (TPSA) is 49.3 Å². The van der Waals surface area contributed by atoms with Crippen LogP contribution in [0.1, 0.15) is 55.6 Å². The summed E-state index contributed by atoms with van der Waals surface area (Å²) < 4.78 is 0. The first-order chi connectivity index (χ1) is 10.8. The van der Waals surface area contributed by atoms with E-state index in [0.29, 0.717) is 0 Å². The molecule has 1 aromatic rings. The molecule has 2 N–H and O–H groups in total. The summed E-state index contributed by atoms with van der Waals surface area (Å²) in [6.07, 6.45) is 10.7. The van der Waals surface area contributed by atoms with Crippen molar-refractivity contribution in [2.45, 2.75) is 58.3 Å². The molecule has 0 spiro atoms. The first kappa shape index (κ1) is 17.3. The maximum Gasteiger partial charge on any atom is 0.190 e. The highest BCUT2D eigenvalue weighted by Crippen LogP contribution is 2.21. The van der Waals surface area contributed by atoms with Gasteiger partial charge in [0.15, 0.2) is 5.96 Å². The summed E-state index contributed by atoms with van der Waals surface area (Å²) in [6.45, 7) is 3.99. The van der Waals surface area contributed by atoms with E-state index in [9.17, 15) is 0 Å². The number of hydrogen-bond acceptors (Lipinski definition) is 3. The minimum Gasteiger partial charge on any atom is -0.356 e. The van der Waals surface area contributed by atoms with Crippen molar-refractivity contribution in [3.8, 4) is 0 Å². The highest BCUT2D eigenvalue weighted by Gasteiger charge is 2.11. The van der Waals surface area contributed by atoms with Gasteiger partial charge in [-0.1, -0.05) is 32.1 Å². The Morgan fingerprint density at radius 3 is 2.59 bits per heavy atom. The van der Waals surface area contributed by atoms with Crippen LogP contribution >= 0.6 is 11.3 Å². The number of thiazole rings is 1. The Labute approximate surface area is 138 Å². The van der Waals surface area contributed by atoms with Crippen molar-refractivity contribution in [1.82, 2.24) is 15.6 Å². The molecule has 0 saturated heterocycles. The van der Waals surface area contributed by atoms with E-state index < -0.39 is 0 Å². The summed E-state index contributed by atoms with van der Waals surface area (Å²) in [5.41, 5.74) is 1.17. The Bertz CT molecular complexity index is 447. The average Bonchev–Trinajstić information content (AvgIpc) is 2.89. The summed E-state index contributed by atoms with van der Waals surface area (Å²) in [7, 11) is 1.85. The number of aryl methyl sites for hydroxylation is 1. The lowest BCUT2D eigenvalue weighted by molar-refractivity contribution is 0.375. The van der Waals surface area contributed by atoms with Crippen LogP contribution in [0, 0.1) is 12.8 Å². The van der Waals surface area contributed by atoms with Gasteiger partial charge in [0.1, 0.15) is 0 Å². The maximum atomic E-state index is 4.49. The summed E-state index contributed by atoms with van der Waals surface area (Å²) in [4.78, 5) is 8.82. The quantitative estimate of drug-likeness (QED) is 0.644. The Balaban J connectivity index is 1.65. The van der Waals surface area contributed by atoms with E-state index in [1.807, 2.05) is 7.05 Å². The van der Waals surface area contributed by atoms with E-state index in [1.165, 1.54) is 50.6 Å². The molecule has 0 amide bonds. The predicted molar refractivity (Wildman–Crippen MR) is 95.7 cm³/mol. The van der Waals surface area contributed by atoms with Gasteiger partial charge in [0.25, 0.3) is 0 Å². The molecule has 0 atom stereocenters. The van der Waals surface area contributed by atoms with E-state index >= 15 is 0 Å². The second-order valence-electron chi connectivity index (χ2n) is 6.20. The fourth-order valence-electron chi connectivity index (χ4n) is 3.04. The van der Waals surface area contributed by atoms with Crippen molar-refractivity contribution in [3.05, 3.63) is 16.1 Å². The number of hydrogen-bond donors (Lipinski definition) is 2. The minimum absolute atomic E-state index is 0.806. The van der Waals surface area contributed by atoms with Crippen LogP contribution < -0.4 is 10.6 Å².